The van der Waals surface area contributed by atoms with Crippen LogP contribution in [0, 0.1) is 13.8 Å². The molecular formula is C15H13Cl3. The van der Waals surface area contributed by atoms with E-state index in [4.69, 9.17) is 34.8 Å². The zero-order chi connectivity index (χ0) is 13.3. The smallest absolute Gasteiger partial charge is 0.0839 e. The summed E-state index contributed by atoms with van der Waals surface area (Å²) >= 11 is 18.6. The normalized spacial score (nSPS) is 12.5. The second kappa shape index (κ2) is 5.52. The van der Waals surface area contributed by atoms with Crippen molar-refractivity contribution < 1.29 is 0 Å². The van der Waals surface area contributed by atoms with Crippen LogP contribution in [-0.2, 0) is 0 Å². The quantitative estimate of drug-likeness (QED) is 0.602. The summed E-state index contributed by atoms with van der Waals surface area (Å²) in [4.78, 5) is 0. The van der Waals surface area contributed by atoms with Crippen LogP contribution in [0.15, 0.2) is 36.4 Å². The van der Waals surface area contributed by atoms with Crippen LogP contribution in [-0.4, -0.2) is 0 Å². The second-order valence-corrected chi connectivity index (χ2v) is 5.73. The molecule has 0 heterocycles. The molecule has 0 radical (unpaired) electrons. The summed E-state index contributed by atoms with van der Waals surface area (Å²) in [5, 5.41) is 0.975. The first-order valence-electron chi connectivity index (χ1n) is 5.64. The molecule has 94 valence electrons. The zero-order valence-electron chi connectivity index (χ0n) is 10.2. The first-order valence-corrected chi connectivity index (χ1v) is 6.84. The molecule has 2 rings (SSSR count). The number of alkyl halides is 1. The summed E-state index contributed by atoms with van der Waals surface area (Å²) in [5.41, 5.74) is 4.36. The van der Waals surface area contributed by atoms with E-state index in [1.807, 2.05) is 12.1 Å². The predicted octanol–water partition coefficient (Wildman–Crippen LogP) is 5.94. The lowest BCUT2D eigenvalue weighted by Crippen LogP contribution is -1.97. The molecule has 0 N–H and O–H groups in total. The number of benzene rings is 2. The Hall–Kier alpha value is -0.690. The Kier molecular flexibility index (Phi) is 4.21. The Labute approximate surface area is 122 Å². The third-order valence-electron chi connectivity index (χ3n) is 2.89. The van der Waals surface area contributed by atoms with Crippen molar-refractivity contribution in [3.63, 3.8) is 0 Å². The minimum Gasteiger partial charge on any atom is -0.113 e. The Bertz CT molecular complexity index is 556. The molecule has 0 aliphatic carbocycles. The van der Waals surface area contributed by atoms with Gasteiger partial charge >= 0.3 is 0 Å². The number of hydrogen-bond acceptors (Lipinski definition) is 0. The largest absolute Gasteiger partial charge is 0.113 e. The van der Waals surface area contributed by atoms with Gasteiger partial charge in [0, 0.05) is 10.0 Å². The van der Waals surface area contributed by atoms with Crippen molar-refractivity contribution in [1.82, 2.24) is 0 Å². The molecule has 0 fully saturated rings. The van der Waals surface area contributed by atoms with Gasteiger partial charge in [0.05, 0.1) is 5.38 Å². The molecule has 3 heteroatoms. The molecule has 0 amide bonds. The van der Waals surface area contributed by atoms with E-state index in [-0.39, 0.29) is 5.38 Å². The summed E-state index contributed by atoms with van der Waals surface area (Å²) in [7, 11) is 0. The first kappa shape index (κ1) is 13.7. The molecule has 0 aliphatic heterocycles. The molecule has 18 heavy (non-hydrogen) atoms. The Morgan fingerprint density at radius 3 is 2.11 bits per heavy atom. The van der Waals surface area contributed by atoms with E-state index < -0.39 is 0 Å². The maximum Gasteiger partial charge on any atom is 0.0839 e. The number of rotatable bonds is 2. The maximum absolute atomic E-state index is 6.54. The molecule has 0 aliphatic rings. The van der Waals surface area contributed by atoms with Gasteiger partial charge in [-0.05, 0) is 48.7 Å². The fourth-order valence-electron chi connectivity index (χ4n) is 1.93. The van der Waals surface area contributed by atoms with Gasteiger partial charge in [-0.3, -0.25) is 0 Å². The van der Waals surface area contributed by atoms with Gasteiger partial charge in [0.25, 0.3) is 0 Å². The number of hydrogen-bond donors (Lipinski definition) is 0. The fraction of sp³-hybridized carbons (Fsp3) is 0.200. The van der Waals surface area contributed by atoms with Gasteiger partial charge in [0.15, 0.2) is 0 Å². The SMILES string of the molecule is Cc1ccc(C)c(C(Cl)c2cc(Cl)cc(Cl)c2)c1. The Morgan fingerprint density at radius 2 is 1.50 bits per heavy atom. The fourth-order valence-corrected chi connectivity index (χ4v) is 2.84. The minimum atomic E-state index is -0.235. The topological polar surface area (TPSA) is 0 Å². The lowest BCUT2D eigenvalue weighted by Gasteiger charge is -2.15. The van der Waals surface area contributed by atoms with Crippen LogP contribution < -0.4 is 0 Å². The van der Waals surface area contributed by atoms with Crippen LogP contribution >= 0.6 is 34.8 Å². The Balaban J connectivity index is 2.47. The van der Waals surface area contributed by atoms with Gasteiger partial charge in [0.1, 0.15) is 0 Å². The minimum absolute atomic E-state index is 0.235. The number of halogens is 3. The van der Waals surface area contributed by atoms with Crippen LogP contribution in [0.25, 0.3) is 0 Å². The van der Waals surface area contributed by atoms with E-state index in [1.165, 1.54) is 5.56 Å². The second-order valence-electron chi connectivity index (χ2n) is 4.43. The van der Waals surface area contributed by atoms with Crippen LogP contribution in [0.5, 0.6) is 0 Å². The molecule has 2 aromatic rings. The van der Waals surface area contributed by atoms with Crippen molar-refractivity contribution in [2.45, 2.75) is 19.2 Å². The third kappa shape index (κ3) is 3.00. The average molecular weight is 300 g/mol. The van der Waals surface area contributed by atoms with E-state index in [0.29, 0.717) is 10.0 Å². The van der Waals surface area contributed by atoms with Crippen molar-refractivity contribution in [2.75, 3.05) is 0 Å². The van der Waals surface area contributed by atoms with E-state index in [0.717, 1.165) is 16.7 Å². The van der Waals surface area contributed by atoms with Crippen molar-refractivity contribution in [1.29, 1.82) is 0 Å². The summed E-state index contributed by atoms with van der Waals surface area (Å²) in [6, 6.07) is 11.7. The standard InChI is InChI=1S/C15H13Cl3/c1-9-3-4-10(2)14(5-9)15(18)11-6-12(16)8-13(17)7-11/h3-8,15H,1-2H3. The van der Waals surface area contributed by atoms with E-state index >= 15 is 0 Å². The van der Waals surface area contributed by atoms with Crippen LogP contribution in [0.4, 0.5) is 0 Å². The summed E-state index contributed by atoms with van der Waals surface area (Å²) in [5.74, 6) is 0. The summed E-state index contributed by atoms with van der Waals surface area (Å²) in [6.45, 7) is 4.10. The van der Waals surface area contributed by atoms with Crippen LogP contribution in [0.1, 0.15) is 27.6 Å². The van der Waals surface area contributed by atoms with E-state index in [9.17, 15) is 0 Å². The van der Waals surface area contributed by atoms with E-state index in [2.05, 4.69) is 32.0 Å². The predicted molar refractivity (Wildman–Crippen MR) is 80.1 cm³/mol. The van der Waals surface area contributed by atoms with Crippen LogP contribution in [0.3, 0.4) is 0 Å². The molecule has 0 aromatic heterocycles. The first-order chi connectivity index (χ1) is 8.47. The molecule has 0 bridgehead atoms. The molecule has 1 unspecified atom stereocenters. The maximum atomic E-state index is 6.54. The van der Waals surface area contributed by atoms with Crippen LogP contribution in [0.2, 0.25) is 10.0 Å². The van der Waals surface area contributed by atoms with Gasteiger partial charge in [-0.25, -0.2) is 0 Å². The zero-order valence-corrected chi connectivity index (χ0v) is 12.4. The molecule has 0 spiro atoms. The highest BCUT2D eigenvalue weighted by Gasteiger charge is 2.14. The third-order valence-corrected chi connectivity index (χ3v) is 3.81. The van der Waals surface area contributed by atoms with Crippen molar-refractivity contribution in [2.24, 2.45) is 0 Å². The molecule has 1 atom stereocenters. The van der Waals surface area contributed by atoms with Gasteiger partial charge in [0.2, 0.25) is 0 Å². The summed E-state index contributed by atoms with van der Waals surface area (Å²) in [6.07, 6.45) is 0. The molecular weight excluding hydrogens is 287 g/mol. The number of aryl methyl sites for hydroxylation is 2. The van der Waals surface area contributed by atoms with Crippen molar-refractivity contribution in [3.8, 4) is 0 Å². The highest BCUT2D eigenvalue weighted by atomic mass is 35.5. The lowest BCUT2D eigenvalue weighted by molar-refractivity contribution is 1.10. The van der Waals surface area contributed by atoms with Crippen molar-refractivity contribution in [3.05, 3.63) is 68.7 Å². The highest BCUT2D eigenvalue weighted by molar-refractivity contribution is 6.35. The van der Waals surface area contributed by atoms with E-state index in [1.54, 1.807) is 6.07 Å². The molecule has 0 saturated heterocycles. The van der Waals surface area contributed by atoms with Gasteiger partial charge in [-0.1, -0.05) is 47.0 Å². The van der Waals surface area contributed by atoms with Gasteiger partial charge < -0.3 is 0 Å². The highest BCUT2D eigenvalue weighted by Crippen LogP contribution is 2.34. The molecule has 0 nitrogen and oxygen atoms in total. The lowest BCUT2D eigenvalue weighted by atomic mass is 9.98. The monoisotopic (exact) mass is 298 g/mol. The summed E-state index contributed by atoms with van der Waals surface area (Å²) < 4.78 is 0. The molecule has 2 aromatic carbocycles. The average Bonchev–Trinajstić information content (AvgIpc) is 2.30. The molecule has 0 saturated carbocycles. The van der Waals surface area contributed by atoms with Gasteiger partial charge in [-0.15, -0.1) is 11.6 Å². The van der Waals surface area contributed by atoms with Crippen molar-refractivity contribution >= 4 is 34.8 Å². The Morgan fingerprint density at radius 1 is 0.889 bits per heavy atom. The van der Waals surface area contributed by atoms with Gasteiger partial charge in [-0.2, -0.15) is 0 Å².